The van der Waals surface area contributed by atoms with E-state index in [1.54, 1.807) is 26.4 Å². The Morgan fingerprint density at radius 3 is 2.48 bits per heavy atom. The first-order valence-corrected chi connectivity index (χ1v) is 11.3. The zero-order chi connectivity index (χ0) is 22.2. The van der Waals surface area contributed by atoms with Crippen LogP contribution in [0.15, 0.2) is 36.4 Å². The third kappa shape index (κ3) is 6.88. The minimum Gasteiger partial charge on any atom is -0.497 e. The summed E-state index contributed by atoms with van der Waals surface area (Å²) in [4.78, 5) is 15.2. The molecule has 2 N–H and O–H groups in total. The van der Waals surface area contributed by atoms with E-state index in [0.717, 1.165) is 56.6 Å². The molecule has 1 heterocycles. The van der Waals surface area contributed by atoms with Gasteiger partial charge in [-0.2, -0.15) is 0 Å². The number of methoxy groups -OCH3 is 2. The van der Waals surface area contributed by atoms with Gasteiger partial charge in [0.25, 0.3) is 0 Å². The summed E-state index contributed by atoms with van der Waals surface area (Å²) >= 11 is 6.13. The smallest absolute Gasteiger partial charge is 0.137 e. The number of carbonyl (C=O) groups is 1. The van der Waals surface area contributed by atoms with Crippen LogP contribution in [0.2, 0.25) is 5.02 Å². The molecule has 0 bridgehead atoms. The molecule has 3 rings (SSSR count). The van der Waals surface area contributed by atoms with Gasteiger partial charge in [0.2, 0.25) is 0 Å². The highest BCUT2D eigenvalue weighted by Gasteiger charge is 2.22. The lowest BCUT2D eigenvalue weighted by atomic mass is 9.90. The Kier molecular flexibility index (Phi) is 8.61. The van der Waals surface area contributed by atoms with Crippen LogP contribution in [0.4, 0.5) is 5.69 Å². The number of nitrogens with two attached hydrogens (primary N) is 1. The minimum absolute atomic E-state index is 0.233. The number of halogens is 1. The van der Waals surface area contributed by atoms with Crippen molar-refractivity contribution in [1.82, 2.24) is 4.90 Å². The van der Waals surface area contributed by atoms with Crippen molar-refractivity contribution in [1.29, 1.82) is 0 Å². The third-order valence-corrected chi connectivity index (χ3v) is 6.44. The second-order valence-corrected chi connectivity index (χ2v) is 8.75. The molecule has 0 aliphatic carbocycles. The number of ketones is 1. The fourth-order valence-electron chi connectivity index (χ4n) is 4.26. The van der Waals surface area contributed by atoms with Crippen molar-refractivity contribution in [2.75, 3.05) is 39.6 Å². The molecule has 5 nitrogen and oxygen atoms in total. The lowest BCUT2D eigenvalue weighted by Gasteiger charge is -2.31. The number of nitrogen functional groups attached to an aromatic ring is 1. The average Bonchev–Trinajstić information content (AvgIpc) is 2.77. The molecule has 1 aliphatic heterocycles. The number of aryl methyl sites for hydroxylation is 1. The number of hydrogen-bond donors (Lipinski definition) is 1. The molecule has 6 heteroatoms. The first-order valence-electron chi connectivity index (χ1n) is 11.0. The molecule has 0 radical (unpaired) electrons. The van der Waals surface area contributed by atoms with Crippen molar-refractivity contribution in [3.63, 3.8) is 0 Å². The molecule has 0 amide bonds. The molecular formula is C25H33ClN2O3. The van der Waals surface area contributed by atoms with Gasteiger partial charge in [-0.1, -0.05) is 23.7 Å². The largest absolute Gasteiger partial charge is 0.497 e. The maximum Gasteiger partial charge on any atom is 0.137 e. The number of ether oxygens (including phenoxy) is 2. The van der Waals surface area contributed by atoms with E-state index in [1.165, 1.54) is 5.56 Å². The standard InChI is InChI=1S/C25H33ClN2O3/c1-30-22-7-5-18(6-8-22)4-3-11-28-12-9-19(10-13-28)14-21(29)15-20-16-23(26)24(27)17-25(20)31-2/h5-8,16-17,19H,3-4,9-15,27H2,1-2H3. The SMILES string of the molecule is COc1ccc(CCCN2CCC(CC(=O)Cc3cc(Cl)c(N)cc3OC)CC2)cc1. The fourth-order valence-corrected chi connectivity index (χ4v) is 4.44. The summed E-state index contributed by atoms with van der Waals surface area (Å²) in [5.41, 5.74) is 8.45. The summed E-state index contributed by atoms with van der Waals surface area (Å²) in [6, 6.07) is 11.8. The molecule has 1 saturated heterocycles. The van der Waals surface area contributed by atoms with Gasteiger partial charge in [0, 0.05) is 24.5 Å². The summed E-state index contributed by atoms with van der Waals surface area (Å²) in [7, 11) is 3.28. The number of hydrogen-bond acceptors (Lipinski definition) is 5. The number of nitrogens with zero attached hydrogens (tertiary/aromatic N) is 1. The van der Waals surface area contributed by atoms with E-state index < -0.39 is 0 Å². The maximum absolute atomic E-state index is 12.6. The molecule has 0 unspecified atom stereocenters. The Labute approximate surface area is 190 Å². The predicted molar refractivity (Wildman–Crippen MR) is 126 cm³/mol. The van der Waals surface area contributed by atoms with E-state index in [2.05, 4.69) is 17.0 Å². The molecule has 2 aromatic rings. The van der Waals surface area contributed by atoms with Gasteiger partial charge in [-0.25, -0.2) is 0 Å². The van der Waals surface area contributed by atoms with Crippen LogP contribution in [0.1, 0.15) is 36.8 Å². The monoisotopic (exact) mass is 444 g/mol. The molecule has 1 aliphatic rings. The third-order valence-electron chi connectivity index (χ3n) is 6.11. The minimum atomic E-state index is 0.233. The van der Waals surface area contributed by atoms with Crippen LogP contribution >= 0.6 is 11.6 Å². The van der Waals surface area contributed by atoms with Crippen LogP contribution in [-0.4, -0.2) is 44.5 Å². The highest BCUT2D eigenvalue weighted by molar-refractivity contribution is 6.33. The Balaban J connectivity index is 1.38. The number of anilines is 1. The van der Waals surface area contributed by atoms with Gasteiger partial charge >= 0.3 is 0 Å². The first-order chi connectivity index (χ1) is 15.0. The van der Waals surface area contributed by atoms with Crippen LogP contribution in [0.25, 0.3) is 0 Å². The molecular weight excluding hydrogens is 412 g/mol. The fraction of sp³-hybridized carbons (Fsp3) is 0.480. The highest BCUT2D eigenvalue weighted by atomic mass is 35.5. The molecule has 1 fully saturated rings. The topological polar surface area (TPSA) is 64.8 Å². The summed E-state index contributed by atoms with van der Waals surface area (Å²) in [5.74, 6) is 2.22. The number of benzene rings is 2. The zero-order valence-electron chi connectivity index (χ0n) is 18.5. The van der Waals surface area contributed by atoms with Gasteiger partial charge in [-0.15, -0.1) is 0 Å². The number of likely N-dealkylation sites (tertiary alicyclic amines) is 1. The molecule has 0 atom stereocenters. The Morgan fingerprint density at radius 1 is 1.13 bits per heavy atom. The lowest BCUT2D eigenvalue weighted by molar-refractivity contribution is -0.119. The van der Waals surface area contributed by atoms with Crippen LogP contribution in [0.5, 0.6) is 11.5 Å². The number of carbonyl (C=O) groups excluding carboxylic acids is 1. The molecule has 31 heavy (non-hydrogen) atoms. The van der Waals surface area contributed by atoms with Crippen molar-refractivity contribution >= 4 is 23.1 Å². The van der Waals surface area contributed by atoms with Crippen molar-refractivity contribution in [3.05, 3.63) is 52.5 Å². The molecule has 0 aromatic heterocycles. The summed E-state index contributed by atoms with van der Waals surface area (Å²) < 4.78 is 10.6. The Bertz CT molecular complexity index is 862. The van der Waals surface area contributed by atoms with Crippen LogP contribution in [-0.2, 0) is 17.6 Å². The second kappa shape index (κ2) is 11.4. The van der Waals surface area contributed by atoms with Crippen LogP contribution in [0.3, 0.4) is 0 Å². The molecule has 2 aromatic carbocycles. The van der Waals surface area contributed by atoms with Crippen molar-refractivity contribution < 1.29 is 14.3 Å². The van der Waals surface area contributed by atoms with E-state index in [0.29, 0.717) is 35.2 Å². The summed E-state index contributed by atoms with van der Waals surface area (Å²) in [6.07, 6.45) is 5.33. The van der Waals surface area contributed by atoms with Crippen molar-refractivity contribution in [3.8, 4) is 11.5 Å². The van der Waals surface area contributed by atoms with E-state index in [-0.39, 0.29) is 5.78 Å². The van der Waals surface area contributed by atoms with Gasteiger partial charge in [-0.3, -0.25) is 4.79 Å². The van der Waals surface area contributed by atoms with Crippen molar-refractivity contribution in [2.45, 2.75) is 38.5 Å². The van der Waals surface area contributed by atoms with E-state index >= 15 is 0 Å². The second-order valence-electron chi connectivity index (χ2n) is 8.34. The first kappa shape index (κ1) is 23.4. The molecule has 0 saturated carbocycles. The van der Waals surface area contributed by atoms with Gasteiger partial charge in [0.15, 0.2) is 0 Å². The number of rotatable bonds is 10. The van der Waals surface area contributed by atoms with Crippen LogP contribution in [0, 0.1) is 5.92 Å². The van der Waals surface area contributed by atoms with Gasteiger partial charge in [0.05, 0.1) is 24.9 Å². The summed E-state index contributed by atoms with van der Waals surface area (Å²) in [5, 5.41) is 0.464. The van der Waals surface area contributed by atoms with E-state index in [1.807, 2.05) is 12.1 Å². The molecule has 0 spiro atoms. The number of piperidine rings is 1. The normalized spacial score (nSPS) is 15.1. The summed E-state index contributed by atoms with van der Waals surface area (Å²) in [6.45, 7) is 3.24. The Morgan fingerprint density at radius 2 is 1.84 bits per heavy atom. The van der Waals surface area contributed by atoms with E-state index in [4.69, 9.17) is 26.8 Å². The van der Waals surface area contributed by atoms with Gasteiger partial charge in [-0.05, 0) is 75.0 Å². The zero-order valence-corrected chi connectivity index (χ0v) is 19.3. The van der Waals surface area contributed by atoms with Gasteiger partial charge in [0.1, 0.15) is 17.3 Å². The maximum atomic E-state index is 12.6. The quantitative estimate of drug-likeness (QED) is 0.534. The van der Waals surface area contributed by atoms with Gasteiger partial charge < -0.3 is 20.1 Å². The highest BCUT2D eigenvalue weighted by Crippen LogP contribution is 2.30. The van der Waals surface area contributed by atoms with Crippen molar-refractivity contribution in [2.24, 2.45) is 5.92 Å². The Hall–Kier alpha value is -2.24. The van der Waals surface area contributed by atoms with Crippen LogP contribution < -0.4 is 15.2 Å². The lowest BCUT2D eigenvalue weighted by Crippen LogP contribution is -2.35. The number of Topliss-reactive ketones (excluding diaryl/α,β-unsaturated/α-hetero) is 1. The predicted octanol–water partition coefficient (Wildman–Crippen LogP) is 4.79. The molecule has 168 valence electrons. The van der Waals surface area contributed by atoms with E-state index in [9.17, 15) is 4.79 Å². The average molecular weight is 445 g/mol.